The van der Waals surface area contributed by atoms with Crippen molar-refractivity contribution in [2.24, 2.45) is 0 Å². The molecule has 9 nitrogen and oxygen atoms in total. The summed E-state index contributed by atoms with van der Waals surface area (Å²) in [6.07, 6.45) is 3.43. The highest BCUT2D eigenvalue weighted by Gasteiger charge is 2.39. The van der Waals surface area contributed by atoms with Crippen LogP contribution in [0.5, 0.6) is 5.75 Å². The number of esters is 1. The average Bonchev–Trinajstić information content (AvgIpc) is 3.03. The molecule has 1 N–H and O–H groups in total. The summed E-state index contributed by atoms with van der Waals surface area (Å²) in [7, 11) is -3.16. The zero-order valence-electron chi connectivity index (χ0n) is 19.3. The van der Waals surface area contributed by atoms with Crippen molar-refractivity contribution in [1.82, 2.24) is 10.2 Å². The van der Waals surface area contributed by atoms with Crippen LogP contribution >= 0.6 is 0 Å². The molecule has 3 unspecified atom stereocenters. The minimum Gasteiger partial charge on any atom is -0.484 e. The molecule has 0 aliphatic carbocycles. The molecule has 2 aliphatic rings. The van der Waals surface area contributed by atoms with Gasteiger partial charge in [-0.15, -0.1) is 0 Å². The number of benzene rings is 1. The van der Waals surface area contributed by atoms with Crippen LogP contribution < -0.4 is 10.1 Å². The van der Waals surface area contributed by atoms with Gasteiger partial charge in [0.1, 0.15) is 5.75 Å². The molecule has 2 saturated heterocycles. The third-order valence-electron chi connectivity index (χ3n) is 6.21. The first-order chi connectivity index (χ1) is 15.5. The lowest BCUT2D eigenvalue weighted by Gasteiger charge is -2.38. The summed E-state index contributed by atoms with van der Waals surface area (Å²) < 4.78 is 33.9. The molecule has 33 heavy (non-hydrogen) atoms. The Labute approximate surface area is 194 Å². The molecule has 0 bridgehead atoms. The predicted octanol–water partition coefficient (Wildman–Crippen LogP) is 1.71. The first-order valence-corrected chi connectivity index (χ1v) is 13.0. The summed E-state index contributed by atoms with van der Waals surface area (Å²) in [5.41, 5.74) is -0.614. The minimum absolute atomic E-state index is 0.0274. The van der Waals surface area contributed by atoms with E-state index in [0.29, 0.717) is 12.2 Å². The van der Waals surface area contributed by atoms with Crippen LogP contribution in [0.4, 0.5) is 0 Å². The molecule has 1 aromatic rings. The fraction of sp³-hybridized carbons (Fsp3) is 0.609. The Balaban J connectivity index is 1.45. The van der Waals surface area contributed by atoms with Gasteiger partial charge in [-0.05, 0) is 70.7 Å². The van der Waals surface area contributed by atoms with Gasteiger partial charge in [0.25, 0.3) is 11.8 Å². The maximum atomic E-state index is 12.6. The van der Waals surface area contributed by atoms with Gasteiger partial charge < -0.3 is 19.7 Å². The van der Waals surface area contributed by atoms with Crippen LogP contribution in [0.25, 0.3) is 0 Å². The Hall–Kier alpha value is -2.62. The number of nitrogens with zero attached hydrogens (tertiary/aromatic N) is 1. The molecule has 2 fully saturated rings. The van der Waals surface area contributed by atoms with Gasteiger partial charge in [0.2, 0.25) is 0 Å². The average molecular weight is 481 g/mol. The van der Waals surface area contributed by atoms with Gasteiger partial charge in [-0.1, -0.05) is 0 Å². The van der Waals surface area contributed by atoms with Gasteiger partial charge in [0.15, 0.2) is 23.1 Å². The van der Waals surface area contributed by atoms with E-state index in [1.54, 1.807) is 19.1 Å². The molecule has 1 aromatic carbocycles. The number of sulfone groups is 1. The van der Waals surface area contributed by atoms with E-state index in [4.69, 9.17) is 9.47 Å². The predicted molar refractivity (Wildman–Crippen MR) is 122 cm³/mol. The molecule has 182 valence electrons. The van der Waals surface area contributed by atoms with E-state index < -0.39 is 33.9 Å². The Kier molecular flexibility index (Phi) is 7.66. The number of rotatable bonds is 7. The number of ether oxygens (including phenoxy) is 2. The van der Waals surface area contributed by atoms with E-state index in [9.17, 15) is 22.8 Å². The van der Waals surface area contributed by atoms with Gasteiger partial charge in [0.05, 0.1) is 22.6 Å². The SMILES string of the molecule is CC1CCCC(C)N1C(=O)COc1ccc(C(=O)OCC(=O)NC2(C)CCS(=O)(=O)C2)cc1. The highest BCUT2D eigenvalue weighted by molar-refractivity contribution is 7.91. The maximum Gasteiger partial charge on any atom is 0.338 e. The lowest BCUT2D eigenvalue weighted by Crippen LogP contribution is -2.49. The summed E-state index contributed by atoms with van der Waals surface area (Å²) in [5.74, 6) is -0.951. The Morgan fingerprint density at radius 2 is 1.73 bits per heavy atom. The molecule has 2 amide bonds. The summed E-state index contributed by atoms with van der Waals surface area (Å²) in [4.78, 5) is 38.7. The van der Waals surface area contributed by atoms with Crippen molar-refractivity contribution in [3.8, 4) is 5.75 Å². The van der Waals surface area contributed by atoms with Crippen LogP contribution in [0.1, 0.15) is 56.8 Å². The Bertz CT molecular complexity index is 983. The Morgan fingerprint density at radius 3 is 2.30 bits per heavy atom. The lowest BCUT2D eigenvalue weighted by molar-refractivity contribution is -0.139. The van der Waals surface area contributed by atoms with Crippen molar-refractivity contribution >= 4 is 27.6 Å². The number of piperidine rings is 1. The zero-order chi connectivity index (χ0) is 24.2. The monoisotopic (exact) mass is 480 g/mol. The van der Waals surface area contributed by atoms with Crippen LogP contribution in [0.15, 0.2) is 24.3 Å². The first kappa shape index (κ1) is 25.0. The second-order valence-electron chi connectivity index (χ2n) is 9.27. The van der Waals surface area contributed by atoms with Crippen LogP contribution in [-0.2, 0) is 24.2 Å². The molecule has 3 rings (SSSR count). The summed E-state index contributed by atoms with van der Waals surface area (Å²) in [6, 6.07) is 6.52. The van der Waals surface area contributed by atoms with Crippen LogP contribution in [0, 0.1) is 0 Å². The van der Waals surface area contributed by atoms with Crippen molar-refractivity contribution < 1.29 is 32.3 Å². The van der Waals surface area contributed by atoms with Crippen LogP contribution in [-0.4, -0.2) is 73.4 Å². The first-order valence-electron chi connectivity index (χ1n) is 11.2. The van der Waals surface area contributed by atoms with Crippen molar-refractivity contribution in [2.75, 3.05) is 24.7 Å². The fourth-order valence-corrected chi connectivity index (χ4v) is 6.61. The third-order valence-corrected chi connectivity index (χ3v) is 8.12. The largest absolute Gasteiger partial charge is 0.484 e. The molecule has 2 aliphatic heterocycles. The van der Waals surface area contributed by atoms with Gasteiger partial charge in [-0.25, -0.2) is 13.2 Å². The van der Waals surface area contributed by atoms with E-state index >= 15 is 0 Å². The number of amides is 2. The molecule has 3 atom stereocenters. The minimum atomic E-state index is -3.16. The zero-order valence-corrected chi connectivity index (χ0v) is 20.2. The van der Waals surface area contributed by atoms with Gasteiger partial charge >= 0.3 is 5.97 Å². The second-order valence-corrected chi connectivity index (χ2v) is 11.5. The highest BCUT2D eigenvalue weighted by atomic mass is 32.2. The molecule has 2 heterocycles. The summed E-state index contributed by atoms with van der Waals surface area (Å²) in [6.45, 7) is 5.17. The van der Waals surface area contributed by atoms with Crippen molar-refractivity contribution in [3.05, 3.63) is 29.8 Å². The molecular formula is C23H32N2O7S. The van der Waals surface area contributed by atoms with E-state index in [2.05, 4.69) is 5.32 Å². The van der Waals surface area contributed by atoms with E-state index in [0.717, 1.165) is 19.3 Å². The molecule has 0 radical (unpaired) electrons. The standard InChI is InChI=1S/C23H32N2O7S/c1-16-5-4-6-17(2)25(16)21(27)14-31-19-9-7-18(8-10-19)22(28)32-13-20(26)24-23(3)11-12-33(29,30)15-23/h7-10,16-17H,4-6,11-15H2,1-3H3,(H,24,26). The quantitative estimate of drug-likeness (QED) is 0.590. The van der Waals surface area contributed by atoms with Crippen molar-refractivity contribution in [1.29, 1.82) is 0 Å². The molecule has 0 saturated carbocycles. The maximum absolute atomic E-state index is 12.6. The molecular weight excluding hydrogens is 448 g/mol. The second kappa shape index (κ2) is 10.1. The lowest BCUT2D eigenvalue weighted by atomic mass is 9.97. The Morgan fingerprint density at radius 1 is 1.09 bits per heavy atom. The number of carbonyl (C=O) groups is 3. The van der Waals surface area contributed by atoms with Crippen LogP contribution in [0.2, 0.25) is 0 Å². The van der Waals surface area contributed by atoms with E-state index in [-0.39, 0.29) is 41.7 Å². The van der Waals surface area contributed by atoms with Gasteiger partial charge in [-0.3, -0.25) is 9.59 Å². The van der Waals surface area contributed by atoms with Gasteiger partial charge in [-0.2, -0.15) is 0 Å². The van der Waals surface area contributed by atoms with Crippen molar-refractivity contribution in [2.45, 2.75) is 64.1 Å². The van der Waals surface area contributed by atoms with Crippen molar-refractivity contribution in [3.63, 3.8) is 0 Å². The topological polar surface area (TPSA) is 119 Å². The van der Waals surface area contributed by atoms with Crippen LogP contribution in [0.3, 0.4) is 0 Å². The smallest absolute Gasteiger partial charge is 0.338 e. The molecule has 0 spiro atoms. The van der Waals surface area contributed by atoms with E-state index in [1.165, 1.54) is 12.1 Å². The van der Waals surface area contributed by atoms with E-state index in [1.807, 2.05) is 18.7 Å². The van der Waals surface area contributed by atoms with Gasteiger partial charge in [0, 0.05) is 12.1 Å². The highest BCUT2D eigenvalue weighted by Crippen LogP contribution is 2.24. The third kappa shape index (κ3) is 6.69. The number of hydrogen-bond acceptors (Lipinski definition) is 7. The number of nitrogens with one attached hydrogen (secondary N) is 1. The molecule has 0 aromatic heterocycles. The summed E-state index contributed by atoms with van der Waals surface area (Å²) in [5, 5.41) is 2.64. The number of carbonyl (C=O) groups excluding carboxylic acids is 3. The normalized spacial score (nSPS) is 26.5. The molecule has 10 heteroatoms. The fourth-order valence-electron chi connectivity index (χ4n) is 4.52. The number of likely N-dealkylation sites (tertiary alicyclic amines) is 1. The summed E-state index contributed by atoms with van der Waals surface area (Å²) >= 11 is 0. The number of hydrogen-bond donors (Lipinski definition) is 1.